The molecule has 0 aliphatic heterocycles. The van der Waals surface area contributed by atoms with Crippen LogP contribution in [0.1, 0.15) is 13.3 Å². The van der Waals surface area contributed by atoms with Crippen LogP contribution in [-0.2, 0) is 4.74 Å². The van der Waals surface area contributed by atoms with Crippen molar-refractivity contribution in [3.63, 3.8) is 0 Å². The second kappa shape index (κ2) is 12.3. The normalized spacial score (nSPS) is 13.2. The van der Waals surface area contributed by atoms with E-state index < -0.39 is 11.2 Å². The van der Waals surface area contributed by atoms with Crippen molar-refractivity contribution in [2.75, 3.05) is 19.8 Å². The Kier molecular flexibility index (Phi) is 11.2. The molecule has 1 unspecified atom stereocenters. The van der Waals surface area contributed by atoms with Crippen LogP contribution < -0.4 is 9.47 Å². The Labute approximate surface area is 185 Å². The molecule has 1 atom stereocenters. The van der Waals surface area contributed by atoms with E-state index in [-0.39, 0.29) is 46.2 Å². The zero-order valence-corrected chi connectivity index (χ0v) is 18.2. The molecule has 0 spiro atoms. The van der Waals surface area contributed by atoms with Gasteiger partial charge in [-0.2, -0.15) is 13.2 Å². The first-order valence-electron chi connectivity index (χ1n) is 7.81. The molecule has 0 aliphatic carbocycles. The van der Waals surface area contributed by atoms with Crippen LogP contribution in [0.5, 0.6) is 11.5 Å². The van der Waals surface area contributed by atoms with Crippen molar-refractivity contribution in [1.82, 2.24) is 0 Å². The highest BCUT2D eigenvalue weighted by molar-refractivity contribution is 6.55. The van der Waals surface area contributed by atoms with E-state index in [2.05, 4.69) is 0 Å². The summed E-state index contributed by atoms with van der Waals surface area (Å²) in [5, 5.41) is -0.755. The summed E-state index contributed by atoms with van der Waals surface area (Å²) in [6.07, 6.45) is -2.35. The number of hydrogen-bond donors (Lipinski definition) is 0. The van der Waals surface area contributed by atoms with Gasteiger partial charge in [0.25, 0.3) is 0 Å². The lowest BCUT2D eigenvalue weighted by molar-refractivity contribution is -0.0852. The van der Waals surface area contributed by atoms with Gasteiger partial charge in [0.1, 0.15) is 21.9 Å². The molecular weight excluding hydrogens is 486 g/mol. The Morgan fingerprint density at radius 2 is 1.64 bits per heavy atom. The maximum Gasteiger partial charge on any atom is 0.426 e. The molecule has 0 radical (unpaired) electrons. The molecule has 0 aliphatic rings. The van der Waals surface area contributed by atoms with E-state index in [4.69, 9.17) is 72.2 Å². The molecule has 3 nitrogen and oxygen atoms in total. The van der Waals surface area contributed by atoms with Gasteiger partial charge in [-0.25, -0.2) is 0 Å². The fourth-order valence-corrected chi connectivity index (χ4v) is 2.54. The van der Waals surface area contributed by atoms with Gasteiger partial charge in [-0.15, -0.1) is 0 Å². The first-order valence-corrected chi connectivity index (χ1v) is 9.70. The second-order valence-electron chi connectivity index (χ2n) is 5.35. The lowest BCUT2D eigenvalue weighted by atomic mass is 10.3. The van der Waals surface area contributed by atoms with Gasteiger partial charge in [0, 0.05) is 18.6 Å². The number of alkyl halides is 3. The first-order chi connectivity index (χ1) is 13.0. The molecule has 0 saturated carbocycles. The average Bonchev–Trinajstić information content (AvgIpc) is 2.56. The summed E-state index contributed by atoms with van der Waals surface area (Å²) in [5.41, 5.74) is 0. The zero-order valence-electron chi connectivity index (χ0n) is 14.5. The van der Waals surface area contributed by atoms with Crippen molar-refractivity contribution in [1.29, 1.82) is 0 Å². The molecule has 1 aromatic rings. The highest BCUT2D eigenvalue weighted by atomic mass is 35.5. The van der Waals surface area contributed by atoms with Crippen molar-refractivity contribution in [3.05, 3.63) is 43.9 Å². The third kappa shape index (κ3) is 9.81. The smallest absolute Gasteiger partial charge is 0.426 e. The topological polar surface area (TPSA) is 27.7 Å². The largest absolute Gasteiger partial charge is 0.490 e. The van der Waals surface area contributed by atoms with Crippen LogP contribution in [-0.4, -0.2) is 32.1 Å². The van der Waals surface area contributed by atoms with Crippen molar-refractivity contribution in [2.45, 2.75) is 25.6 Å². The number of benzene rings is 1. The SMILES string of the molecule is CC(CCOc1c(Cl)cc(OCC=C(Cl)Cl)cc1Cl)OCC=C(Cl)C(F)(F)F. The predicted octanol–water partition coefficient (Wildman–Crippen LogP) is 7.55. The summed E-state index contributed by atoms with van der Waals surface area (Å²) in [5.74, 6) is 0.659. The molecule has 158 valence electrons. The van der Waals surface area contributed by atoms with Gasteiger partial charge in [0.2, 0.25) is 0 Å². The Morgan fingerprint density at radius 1 is 1.04 bits per heavy atom. The van der Waals surface area contributed by atoms with E-state index in [1.54, 1.807) is 6.92 Å². The summed E-state index contributed by atoms with van der Waals surface area (Å²) < 4.78 is 53.0. The highest BCUT2D eigenvalue weighted by Gasteiger charge is 2.31. The first kappa shape index (κ1) is 25.5. The maximum absolute atomic E-state index is 12.2. The molecular formula is C17H16Cl5F3O3. The number of halogens is 8. The summed E-state index contributed by atoms with van der Waals surface area (Å²) >= 11 is 28.3. The van der Waals surface area contributed by atoms with Gasteiger partial charge in [-0.05, 0) is 19.1 Å². The molecule has 0 fully saturated rings. The molecule has 1 aromatic carbocycles. The number of rotatable bonds is 10. The zero-order chi connectivity index (χ0) is 21.3. The van der Waals surface area contributed by atoms with Gasteiger partial charge in [0.15, 0.2) is 5.75 Å². The van der Waals surface area contributed by atoms with Crippen molar-refractivity contribution in [2.24, 2.45) is 0 Å². The Morgan fingerprint density at radius 3 is 2.18 bits per heavy atom. The Hall–Kier alpha value is -0.500. The van der Waals surface area contributed by atoms with Gasteiger partial charge in [0.05, 0.1) is 29.4 Å². The second-order valence-corrected chi connectivity index (χ2v) is 7.58. The number of allylic oxidation sites excluding steroid dienone is 1. The summed E-state index contributed by atoms with van der Waals surface area (Å²) in [7, 11) is 0. The van der Waals surface area contributed by atoms with E-state index in [0.717, 1.165) is 6.08 Å². The van der Waals surface area contributed by atoms with Crippen LogP contribution in [0.4, 0.5) is 13.2 Å². The molecule has 1 rings (SSSR count). The molecule has 0 aromatic heterocycles. The van der Waals surface area contributed by atoms with Crippen LogP contribution in [0.3, 0.4) is 0 Å². The minimum Gasteiger partial charge on any atom is -0.490 e. The standard InChI is InChI=1S/C17H16Cl5F3O3/c1-10(26-6-3-14(20)17(23,24)25)2-5-28-16-12(18)8-11(9-13(16)19)27-7-4-15(21)22/h3-4,8-10H,2,5-7H2,1H3. The summed E-state index contributed by atoms with van der Waals surface area (Å²) in [4.78, 5) is 0. The van der Waals surface area contributed by atoms with Gasteiger partial charge in [-0.3, -0.25) is 0 Å². The van der Waals surface area contributed by atoms with Gasteiger partial charge in [-0.1, -0.05) is 58.0 Å². The van der Waals surface area contributed by atoms with Crippen LogP contribution in [0, 0.1) is 0 Å². The van der Waals surface area contributed by atoms with Crippen molar-refractivity contribution in [3.8, 4) is 11.5 Å². The predicted molar refractivity (Wildman–Crippen MR) is 107 cm³/mol. The Bertz CT molecular complexity index is 681. The minimum atomic E-state index is -4.58. The molecule has 0 bridgehead atoms. The van der Waals surface area contributed by atoms with Crippen molar-refractivity contribution >= 4 is 58.0 Å². The molecule has 11 heteroatoms. The molecule has 0 heterocycles. The fourth-order valence-electron chi connectivity index (χ4n) is 1.77. The van der Waals surface area contributed by atoms with E-state index in [9.17, 15) is 13.2 Å². The highest BCUT2D eigenvalue weighted by Crippen LogP contribution is 2.37. The molecule has 0 N–H and O–H groups in total. The van der Waals surface area contributed by atoms with Crippen LogP contribution >= 0.6 is 58.0 Å². The van der Waals surface area contributed by atoms with Crippen molar-refractivity contribution < 1.29 is 27.4 Å². The maximum atomic E-state index is 12.2. The summed E-state index contributed by atoms with van der Waals surface area (Å²) in [6, 6.07) is 3.03. The van der Waals surface area contributed by atoms with E-state index in [1.165, 1.54) is 18.2 Å². The quantitative estimate of drug-likeness (QED) is 0.331. The van der Waals surface area contributed by atoms with Crippen LogP contribution in [0.2, 0.25) is 10.0 Å². The lowest BCUT2D eigenvalue weighted by Gasteiger charge is -2.15. The van der Waals surface area contributed by atoms with Crippen LogP contribution in [0.25, 0.3) is 0 Å². The fraction of sp³-hybridized carbons (Fsp3) is 0.412. The third-order valence-electron chi connectivity index (χ3n) is 3.14. The van der Waals surface area contributed by atoms with Crippen LogP contribution in [0.15, 0.2) is 33.8 Å². The molecule has 0 amide bonds. The minimum absolute atomic E-state index is 0.0738. The number of hydrogen-bond acceptors (Lipinski definition) is 3. The monoisotopic (exact) mass is 500 g/mol. The third-order valence-corrected chi connectivity index (χ3v) is 4.38. The summed E-state index contributed by atoms with van der Waals surface area (Å²) in [6.45, 7) is 1.74. The van der Waals surface area contributed by atoms with E-state index in [1.807, 2.05) is 0 Å². The lowest BCUT2D eigenvalue weighted by Crippen LogP contribution is -2.14. The van der Waals surface area contributed by atoms with E-state index >= 15 is 0 Å². The number of ether oxygens (including phenoxy) is 3. The molecule has 28 heavy (non-hydrogen) atoms. The Balaban J connectivity index is 2.49. The average molecular weight is 503 g/mol. The van der Waals surface area contributed by atoms with Gasteiger partial charge < -0.3 is 14.2 Å². The van der Waals surface area contributed by atoms with E-state index in [0.29, 0.717) is 12.2 Å². The van der Waals surface area contributed by atoms with Gasteiger partial charge >= 0.3 is 6.18 Å². The molecule has 0 saturated heterocycles.